The second-order valence-electron chi connectivity index (χ2n) is 4.44. The first kappa shape index (κ1) is 12.7. The second kappa shape index (κ2) is 5.76. The van der Waals surface area contributed by atoms with E-state index in [2.05, 4.69) is 12.1 Å². The summed E-state index contributed by atoms with van der Waals surface area (Å²) in [6, 6.07) is 3.92. The summed E-state index contributed by atoms with van der Waals surface area (Å²) in [4.78, 5) is 0. The van der Waals surface area contributed by atoms with Crippen molar-refractivity contribution in [3.63, 3.8) is 0 Å². The molecule has 4 nitrogen and oxygen atoms in total. The number of hydrogen-bond acceptors (Lipinski definition) is 4. The van der Waals surface area contributed by atoms with Crippen molar-refractivity contribution in [1.29, 1.82) is 0 Å². The van der Waals surface area contributed by atoms with Crippen molar-refractivity contribution in [1.82, 2.24) is 0 Å². The van der Waals surface area contributed by atoms with Crippen molar-refractivity contribution in [2.45, 2.75) is 33.1 Å². The summed E-state index contributed by atoms with van der Waals surface area (Å²) < 4.78 is 11.3. The van der Waals surface area contributed by atoms with E-state index < -0.39 is 0 Å². The van der Waals surface area contributed by atoms with Crippen LogP contribution < -0.4 is 9.47 Å². The number of nitrogens with zero attached hydrogens (tertiary/aromatic N) is 1. The van der Waals surface area contributed by atoms with Gasteiger partial charge in [-0.2, -0.15) is 0 Å². The Morgan fingerprint density at radius 2 is 2.33 bits per heavy atom. The van der Waals surface area contributed by atoms with Crippen molar-refractivity contribution in [2.75, 3.05) is 13.2 Å². The van der Waals surface area contributed by atoms with Gasteiger partial charge in [-0.1, -0.05) is 12.1 Å². The molecule has 0 saturated carbocycles. The molecule has 0 aromatic heterocycles. The van der Waals surface area contributed by atoms with Crippen molar-refractivity contribution in [3.05, 3.63) is 23.3 Å². The lowest BCUT2D eigenvalue weighted by atomic mass is 10.0. The molecule has 1 aromatic carbocycles. The molecule has 4 heteroatoms. The van der Waals surface area contributed by atoms with Crippen molar-refractivity contribution in [3.8, 4) is 11.5 Å². The molecule has 1 N–H and O–H groups in total. The Hall–Kier alpha value is -1.71. The maximum absolute atomic E-state index is 8.94. The molecule has 1 aliphatic heterocycles. The van der Waals surface area contributed by atoms with E-state index in [0.29, 0.717) is 12.3 Å². The van der Waals surface area contributed by atoms with Gasteiger partial charge in [0.2, 0.25) is 0 Å². The first-order valence-corrected chi connectivity index (χ1v) is 6.37. The fourth-order valence-electron chi connectivity index (χ4n) is 2.05. The fourth-order valence-corrected chi connectivity index (χ4v) is 2.05. The van der Waals surface area contributed by atoms with Gasteiger partial charge in [0.05, 0.1) is 18.9 Å². The minimum Gasteiger partial charge on any atom is -0.493 e. The Labute approximate surface area is 107 Å². The van der Waals surface area contributed by atoms with Gasteiger partial charge >= 0.3 is 0 Å². The lowest BCUT2D eigenvalue weighted by molar-refractivity contribution is 0.280. The summed E-state index contributed by atoms with van der Waals surface area (Å²) in [6.45, 7) is 5.23. The standard InChI is InChI=1S/C14H19NO3/c1-3-6-17-14-9-13-11(5-4-7-18-13)8-12(14)10(2)15-16/h8-9,16H,3-7H2,1-2H3/b15-10+. The van der Waals surface area contributed by atoms with Crippen molar-refractivity contribution >= 4 is 5.71 Å². The van der Waals surface area contributed by atoms with Gasteiger partial charge in [-0.25, -0.2) is 0 Å². The Balaban J connectivity index is 2.40. The van der Waals surface area contributed by atoms with E-state index in [9.17, 15) is 0 Å². The summed E-state index contributed by atoms with van der Waals surface area (Å²) in [5, 5.41) is 12.2. The van der Waals surface area contributed by atoms with Crippen LogP contribution in [0.4, 0.5) is 0 Å². The third-order valence-corrected chi connectivity index (χ3v) is 3.01. The van der Waals surface area contributed by atoms with Gasteiger partial charge in [0.1, 0.15) is 11.5 Å². The Bertz CT molecular complexity index is 455. The van der Waals surface area contributed by atoms with Crippen LogP contribution >= 0.6 is 0 Å². The van der Waals surface area contributed by atoms with Crippen LogP contribution in [0.25, 0.3) is 0 Å². The molecule has 2 rings (SSSR count). The van der Waals surface area contributed by atoms with Gasteiger partial charge in [-0.3, -0.25) is 0 Å². The summed E-state index contributed by atoms with van der Waals surface area (Å²) in [6.07, 6.45) is 2.96. The molecule has 0 aliphatic carbocycles. The van der Waals surface area contributed by atoms with Crippen molar-refractivity contribution in [2.24, 2.45) is 5.16 Å². The van der Waals surface area contributed by atoms with Gasteiger partial charge in [0, 0.05) is 11.6 Å². The van der Waals surface area contributed by atoms with Crippen LogP contribution in [-0.4, -0.2) is 24.1 Å². The van der Waals surface area contributed by atoms with E-state index >= 15 is 0 Å². The van der Waals surface area contributed by atoms with E-state index in [4.69, 9.17) is 14.7 Å². The van der Waals surface area contributed by atoms with Crippen molar-refractivity contribution < 1.29 is 14.7 Å². The molecular weight excluding hydrogens is 230 g/mol. The molecule has 18 heavy (non-hydrogen) atoms. The molecule has 1 aliphatic rings. The number of aryl methyl sites for hydroxylation is 1. The van der Waals surface area contributed by atoms with E-state index in [1.54, 1.807) is 6.92 Å². The van der Waals surface area contributed by atoms with Crippen LogP contribution in [0.2, 0.25) is 0 Å². The highest BCUT2D eigenvalue weighted by Gasteiger charge is 2.17. The van der Waals surface area contributed by atoms with E-state index in [1.807, 2.05) is 12.1 Å². The monoisotopic (exact) mass is 249 g/mol. The third-order valence-electron chi connectivity index (χ3n) is 3.01. The summed E-state index contributed by atoms with van der Waals surface area (Å²) >= 11 is 0. The quantitative estimate of drug-likeness (QED) is 0.507. The molecule has 0 saturated heterocycles. The maximum atomic E-state index is 8.94. The zero-order valence-corrected chi connectivity index (χ0v) is 10.9. The fraction of sp³-hybridized carbons (Fsp3) is 0.500. The number of ether oxygens (including phenoxy) is 2. The molecular formula is C14H19NO3. The van der Waals surface area contributed by atoms with Crippen LogP contribution in [0, 0.1) is 0 Å². The molecule has 0 bridgehead atoms. The van der Waals surface area contributed by atoms with Crippen LogP contribution in [-0.2, 0) is 6.42 Å². The number of fused-ring (bicyclic) bond motifs is 1. The maximum Gasteiger partial charge on any atom is 0.132 e. The van der Waals surface area contributed by atoms with Crippen LogP contribution in [0.15, 0.2) is 17.3 Å². The van der Waals surface area contributed by atoms with Crippen LogP contribution in [0.5, 0.6) is 11.5 Å². The molecule has 0 atom stereocenters. The first-order chi connectivity index (χ1) is 8.76. The zero-order chi connectivity index (χ0) is 13.0. The predicted octanol–water partition coefficient (Wildman–Crippen LogP) is 3.00. The lowest BCUT2D eigenvalue weighted by Crippen LogP contribution is -2.11. The first-order valence-electron chi connectivity index (χ1n) is 6.37. The zero-order valence-electron chi connectivity index (χ0n) is 10.9. The smallest absolute Gasteiger partial charge is 0.132 e. The highest BCUT2D eigenvalue weighted by Crippen LogP contribution is 2.33. The molecule has 0 amide bonds. The molecule has 0 spiro atoms. The van der Waals surface area contributed by atoms with Gasteiger partial charge < -0.3 is 14.7 Å². The minimum atomic E-state index is 0.564. The minimum absolute atomic E-state index is 0.564. The van der Waals surface area contributed by atoms with Crippen LogP contribution in [0.3, 0.4) is 0 Å². The number of rotatable bonds is 4. The third kappa shape index (κ3) is 2.58. The average molecular weight is 249 g/mol. The summed E-state index contributed by atoms with van der Waals surface area (Å²) in [5.41, 5.74) is 2.56. The number of benzene rings is 1. The van der Waals surface area contributed by atoms with E-state index in [0.717, 1.165) is 48.5 Å². The summed E-state index contributed by atoms with van der Waals surface area (Å²) in [7, 11) is 0. The van der Waals surface area contributed by atoms with Gasteiger partial charge in [0.15, 0.2) is 0 Å². The molecule has 98 valence electrons. The van der Waals surface area contributed by atoms with Crippen LogP contribution in [0.1, 0.15) is 37.8 Å². The Kier molecular flexibility index (Phi) is 4.07. The summed E-state index contributed by atoms with van der Waals surface area (Å²) in [5.74, 6) is 1.62. The van der Waals surface area contributed by atoms with Gasteiger partial charge in [0.25, 0.3) is 0 Å². The molecule has 0 radical (unpaired) electrons. The molecule has 0 unspecified atom stereocenters. The Morgan fingerprint density at radius 3 is 3.06 bits per heavy atom. The number of oxime groups is 1. The SMILES string of the molecule is CCCOc1cc2c(cc1/C(C)=N/O)CCCO2. The molecule has 0 fully saturated rings. The Morgan fingerprint density at radius 1 is 1.50 bits per heavy atom. The predicted molar refractivity (Wildman–Crippen MR) is 70.0 cm³/mol. The molecule has 1 aromatic rings. The van der Waals surface area contributed by atoms with Gasteiger partial charge in [-0.15, -0.1) is 0 Å². The topological polar surface area (TPSA) is 51.0 Å². The second-order valence-corrected chi connectivity index (χ2v) is 4.44. The van der Waals surface area contributed by atoms with Gasteiger partial charge in [-0.05, 0) is 37.8 Å². The molecule has 1 heterocycles. The van der Waals surface area contributed by atoms with E-state index in [1.165, 1.54) is 0 Å². The number of hydrogen-bond donors (Lipinski definition) is 1. The average Bonchev–Trinajstić information content (AvgIpc) is 2.43. The largest absolute Gasteiger partial charge is 0.493 e. The van der Waals surface area contributed by atoms with E-state index in [-0.39, 0.29) is 0 Å². The highest BCUT2D eigenvalue weighted by molar-refractivity contribution is 6.01. The highest BCUT2D eigenvalue weighted by atomic mass is 16.5. The normalized spacial score (nSPS) is 14.9. The lowest BCUT2D eigenvalue weighted by Gasteiger charge is -2.20.